The lowest BCUT2D eigenvalue weighted by atomic mass is 10.0. The van der Waals surface area contributed by atoms with Crippen molar-refractivity contribution < 1.29 is 0 Å². The molecule has 44 heavy (non-hydrogen) atoms. The molecule has 0 aliphatic carbocycles. The Hall–Kier alpha value is -4.58. The van der Waals surface area contributed by atoms with Gasteiger partial charge in [-0.05, 0) is 89.8 Å². The van der Waals surface area contributed by atoms with E-state index in [9.17, 15) is 0 Å². The third-order valence-electron chi connectivity index (χ3n) is 8.00. The summed E-state index contributed by atoms with van der Waals surface area (Å²) in [6.45, 7) is 13.4. The van der Waals surface area contributed by atoms with E-state index in [0.717, 1.165) is 58.5 Å². The number of aliphatic imine (C=N–C) groups is 4. The van der Waals surface area contributed by atoms with E-state index in [4.69, 9.17) is 29.9 Å². The predicted octanol–water partition coefficient (Wildman–Crippen LogP) is 7.27. The van der Waals surface area contributed by atoms with Gasteiger partial charge in [-0.15, -0.1) is 0 Å². The molecule has 2 atom stereocenters. The van der Waals surface area contributed by atoms with Crippen molar-refractivity contribution in [2.24, 2.45) is 20.0 Å². The Morgan fingerprint density at radius 2 is 0.795 bits per heavy atom. The number of rotatable bonds is 4. The van der Waals surface area contributed by atoms with Gasteiger partial charge in [-0.2, -0.15) is 0 Å². The number of aromatic nitrogens is 2. The van der Waals surface area contributed by atoms with E-state index < -0.39 is 0 Å². The molecule has 5 rings (SSSR count). The lowest BCUT2D eigenvalue weighted by molar-refractivity contribution is 0.680. The first kappa shape index (κ1) is 30.9. The molecule has 224 valence electrons. The van der Waals surface area contributed by atoms with Gasteiger partial charge in [0.05, 0.1) is 70.8 Å². The zero-order valence-corrected chi connectivity index (χ0v) is 26.7. The first-order valence-electron chi connectivity index (χ1n) is 15.4. The molecule has 2 aromatic carbocycles. The van der Waals surface area contributed by atoms with E-state index in [0.29, 0.717) is 13.1 Å². The molecule has 3 heterocycles. The van der Waals surface area contributed by atoms with Crippen LogP contribution in [0, 0.1) is 13.8 Å². The normalized spacial score (nSPS) is 17.9. The minimum absolute atomic E-state index is 0.0410. The van der Waals surface area contributed by atoms with Crippen molar-refractivity contribution in [2.75, 3.05) is 13.1 Å². The Kier molecular flexibility index (Phi) is 10.0. The van der Waals surface area contributed by atoms with Crippen LogP contribution in [0.1, 0.15) is 72.7 Å². The van der Waals surface area contributed by atoms with Crippen LogP contribution in [-0.4, -0.2) is 58.0 Å². The third kappa shape index (κ3) is 8.28. The van der Waals surface area contributed by atoms with E-state index in [1.165, 1.54) is 22.3 Å². The van der Waals surface area contributed by atoms with Crippen LogP contribution in [-0.2, 0) is 12.8 Å². The van der Waals surface area contributed by atoms with Gasteiger partial charge < -0.3 is 0 Å². The smallest absolute Gasteiger partial charge is 0.0845 e. The van der Waals surface area contributed by atoms with Gasteiger partial charge in [-0.3, -0.25) is 20.0 Å². The predicted molar refractivity (Wildman–Crippen MR) is 184 cm³/mol. The van der Waals surface area contributed by atoms with Crippen LogP contribution in [0.5, 0.6) is 0 Å². The number of fused-ring (bicyclic) bond motifs is 4. The molecule has 0 saturated heterocycles. The van der Waals surface area contributed by atoms with Crippen LogP contribution in [0.15, 0.2) is 105 Å². The third-order valence-corrected chi connectivity index (χ3v) is 8.00. The molecule has 6 heteroatoms. The molecule has 1 aliphatic rings. The fraction of sp³-hybridized carbons (Fsp3) is 0.316. The zero-order chi connectivity index (χ0) is 31.1. The maximum atomic E-state index is 5.17. The summed E-state index contributed by atoms with van der Waals surface area (Å²) in [4.78, 5) is 30.3. The summed E-state index contributed by atoms with van der Waals surface area (Å²) < 4.78 is 0. The largest absolute Gasteiger partial charge is 0.286 e. The van der Waals surface area contributed by atoms with Crippen molar-refractivity contribution in [3.8, 4) is 0 Å². The SMILES string of the molecule is CC1=NC[C@H](Cc2ccc(C)cc2)N=C(C)c2cccc(n2)C(C)=NC[C@H](Cc2ccc(C)cc2)N=C(C)c2cccc1n2. The van der Waals surface area contributed by atoms with Crippen molar-refractivity contribution in [2.45, 2.75) is 66.5 Å². The highest BCUT2D eigenvalue weighted by molar-refractivity contribution is 6.02. The van der Waals surface area contributed by atoms with Gasteiger partial charge in [0.2, 0.25) is 0 Å². The Morgan fingerprint density at radius 3 is 1.16 bits per heavy atom. The zero-order valence-electron chi connectivity index (χ0n) is 26.7. The fourth-order valence-corrected chi connectivity index (χ4v) is 5.30. The number of hydrogen-bond acceptors (Lipinski definition) is 6. The Morgan fingerprint density at radius 1 is 0.455 bits per heavy atom. The maximum absolute atomic E-state index is 5.17. The standard InChI is InChI=1S/C38H42N6/c1-25-13-17-31(18-14-25)21-33-23-39-27(3)35-9-8-12-38(44-35)30(6)42-34(22-32-19-15-26(2)16-20-32)24-40-28(4)36-10-7-11-37(43-36)29(5)41-33/h7-20,33-34H,21-24H2,1-6H3/t33-,34-/m0/s1. The molecule has 0 fully saturated rings. The quantitative estimate of drug-likeness (QED) is 0.254. The van der Waals surface area contributed by atoms with Crippen LogP contribution >= 0.6 is 0 Å². The summed E-state index contributed by atoms with van der Waals surface area (Å²) >= 11 is 0. The average Bonchev–Trinajstić information content (AvgIpc) is 3.04. The number of benzene rings is 2. The van der Waals surface area contributed by atoms with Crippen LogP contribution in [0.25, 0.3) is 0 Å². The number of nitrogens with zero attached hydrogens (tertiary/aromatic N) is 6. The van der Waals surface area contributed by atoms with Gasteiger partial charge in [0.25, 0.3) is 0 Å². The molecule has 4 aromatic rings. The molecule has 0 N–H and O–H groups in total. The van der Waals surface area contributed by atoms with Crippen LogP contribution in [0.3, 0.4) is 0 Å². The van der Waals surface area contributed by atoms with E-state index in [1.54, 1.807) is 0 Å². The molecule has 2 aromatic heterocycles. The van der Waals surface area contributed by atoms with Gasteiger partial charge in [0.1, 0.15) is 0 Å². The Bertz CT molecular complexity index is 1580. The van der Waals surface area contributed by atoms with Crippen LogP contribution in [0.2, 0.25) is 0 Å². The lowest BCUT2D eigenvalue weighted by Gasteiger charge is -2.15. The van der Waals surface area contributed by atoms with E-state index in [-0.39, 0.29) is 12.1 Å². The summed E-state index contributed by atoms with van der Waals surface area (Å²) in [6.07, 6.45) is 1.58. The number of pyridine rings is 2. The second-order valence-corrected chi connectivity index (χ2v) is 11.8. The Balaban J connectivity index is 1.55. The van der Waals surface area contributed by atoms with Gasteiger partial charge in [-0.1, -0.05) is 71.8 Å². The minimum Gasteiger partial charge on any atom is -0.286 e. The summed E-state index contributed by atoms with van der Waals surface area (Å²) in [5, 5.41) is 0. The fourth-order valence-electron chi connectivity index (χ4n) is 5.30. The van der Waals surface area contributed by atoms with E-state index >= 15 is 0 Å². The number of hydrogen-bond donors (Lipinski definition) is 0. The highest BCUT2D eigenvalue weighted by atomic mass is 14.9. The average molecular weight is 583 g/mol. The van der Waals surface area contributed by atoms with Crippen molar-refractivity contribution >= 4 is 22.8 Å². The topological polar surface area (TPSA) is 75.2 Å². The summed E-state index contributed by atoms with van der Waals surface area (Å²) in [6, 6.07) is 29.4. The Labute approximate surface area is 261 Å². The molecular weight excluding hydrogens is 540 g/mol. The van der Waals surface area contributed by atoms with Gasteiger partial charge in [0.15, 0.2) is 0 Å². The van der Waals surface area contributed by atoms with Crippen molar-refractivity contribution in [3.05, 3.63) is 130 Å². The molecule has 0 unspecified atom stereocenters. The van der Waals surface area contributed by atoms with Crippen LogP contribution < -0.4 is 0 Å². The maximum Gasteiger partial charge on any atom is 0.0845 e. The second-order valence-electron chi connectivity index (χ2n) is 11.8. The highest BCUT2D eigenvalue weighted by Gasteiger charge is 2.15. The van der Waals surface area contributed by atoms with Gasteiger partial charge >= 0.3 is 0 Å². The molecular formula is C38H42N6. The number of aryl methyl sites for hydroxylation is 2. The van der Waals surface area contributed by atoms with Crippen molar-refractivity contribution in [1.29, 1.82) is 0 Å². The van der Waals surface area contributed by atoms with Crippen molar-refractivity contribution in [3.63, 3.8) is 0 Å². The van der Waals surface area contributed by atoms with Crippen LogP contribution in [0.4, 0.5) is 0 Å². The van der Waals surface area contributed by atoms with E-state index in [2.05, 4.69) is 62.4 Å². The highest BCUT2D eigenvalue weighted by Crippen LogP contribution is 2.15. The lowest BCUT2D eigenvalue weighted by Crippen LogP contribution is -2.19. The first-order valence-corrected chi connectivity index (χ1v) is 15.4. The molecule has 1 aliphatic heterocycles. The summed E-state index contributed by atoms with van der Waals surface area (Å²) in [7, 11) is 0. The summed E-state index contributed by atoms with van der Waals surface area (Å²) in [5.74, 6) is 0. The summed E-state index contributed by atoms with van der Waals surface area (Å²) in [5.41, 5.74) is 11.9. The minimum atomic E-state index is -0.0410. The first-order chi connectivity index (χ1) is 21.2. The molecule has 0 spiro atoms. The van der Waals surface area contributed by atoms with Crippen molar-refractivity contribution in [1.82, 2.24) is 9.97 Å². The molecule has 4 bridgehead atoms. The monoisotopic (exact) mass is 582 g/mol. The molecule has 6 nitrogen and oxygen atoms in total. The second kappa shape index (κ2) is 14.3. The van der Waals surface area contributed by atoms with Gasteiger partial charge in [0, 0.05) is 0 Å². The molecule has 0 saturated carbocycles. The molecule has 0 radical (unpaired) electrons. The van der Waals surface area contributed by atoms with E-state index in [1.807, 2.05) is 64.1 Å². The van der Waals surface area contributed by atoms with Gasteiger partial charge in [-0.25, -0.2) is 9.97 Å². The molecule has 0 amide bonds.